The van der Waals surface area contributed by atoms with E-state index in [2.05, 4.69) is 36.2 Å². The van der Waals surface area contributed by atoms with E-state index in [-0.39, 0.29) is 5.54 Å². The van der Waals surface area contributed by atoms with Crippen LogP contribution < -0.4 is 5.73 Å². The normalized spacial score (nSPS) is 28.4. The molecule has 94 valence electrons. The summed E-state index contributed by atoms with van der Waals surface area (Å²) in [6, 6.07) is 8.43. The van der Waals surface area contributed by atoms with E-state index in [9.17, 15) is 0 Å². The molecule has 2 nitrogen and oxygen atoms in total. The highest BCUT2D eigenvalue weighted by atomic mass is 14.8. The standard InChI is InChI=1S/C16H20N2/c1-12-6-4-5-9-16(12,17)15-11-18-10-13-7-2-3-8-14(13)15/h2-3,7-8,10-12H,4-6,9,17H2,1H3. The Bertz CT molecular complexity index is 559. The fourth-order valence-corrected chi connectivity index (χ4v) is 3.26. The Hall–Kier alpha value is -1.41. The molecule has 18 heavy (non-hydrogen) atoms. The van der Waals surface area contributed by atoms with E-state index in [1.807, 2.05) is 12.4 Å². The van der Waals surface area contributed by atoms with E-state index in [0.717, 1.165) is 6.42 Å². The molecule has 1 heterocycles. The van der Waals surface area contributed by atoms with Gasteiger partial charge < -0.3 is 5.73 Å². The minimum absolute atomic E-state index is 0.202. The first kappa shape index (κ1) is 11.7. The molecular weight excluding hydrogens is 220 g/mol. The molecule has 0 spiro atoms. The van der Waals surface area contributed by atoms with Crippen LogP contribution in [0.2, 0.25) is 0 Å². The monoisotopic (exact) mass is 240 g/mol. The lowest BCUT2D eigenvalue weighted by Crippen LogP contribution is -2.45. The Morgan fingerprint density at radius 2 is 2.06 bits per heavy atom. The van der Waals surface area contributed by atoms with Crippen LogP contribution in [0.1, 0.15) is 38.2 Å². The zero-order valence-corrected chi connectivity index (χ0v) is 10.9. The zero-order chi connectivity index (χ0) is 12.6. The van der Waals surface area contributed by atoms with Crippen molar-refractivity contribution in [3.63, 3.8) is 0 Å². The average Bonchev–Trinajstić information content (AvgIpc) is 2.41. The molecule has 2 N–H and O–H groups in total. The highest BCUT2D eigenvalue weighted by Crippen LogP contribution is 2.41. The van der Waals surface area contributed by atoms with E-state index in [1.54, 1.807) is 0 Å². The van der Waals surface area contributed by atoms with Crippen molar-refractivity contribution in [3.8, 4) is 0 Å². The Morgan fingerprint density at radius 3 is 2.89 bits per heavy atom. The number of hydrogen-bond acceptors (Lipinski definition) is 2. The van der Waals surface area contributed by atoms with Gasteiger partial charge in [-0.15, -0.1) is 0 Å². The van der Waals surface area contributed by atoms with Crippen molar-refractivity contribution in [2.45, 2.75) is 38.1 Å². The van der Waals surface area contributed by atoms with Gasteiger partial charge in [0.1, 0.15) is 0 Å². The third-order valence-electron chi connectivity index (χ3n) is 4.53. The van der Waals surface area contributed by atoms with Crippen LogP contribution in [-0.4, -0.2) is 4.98 Å². The maximum Gasteiger partial charge on any atom is 0.0457 e. The first-order chi connectivity index (χ1) is 8.72. The van der Waals surface area contributed by atoms with Crippen LogP contribution >= 0.6 is 0 Å². The molecule has 1 aliphatic rings. The van der Waals surface area contributed by atoms with Crippen molar-refractivity contribution in [2.24, 2.45) is 11.7 Å². The Morgan fingerprint density at radius 1 is 1.22 bits per heavy atom. The van der Waals surface area contributed by atoms with Crippen molar-refractivity contribution in [2.75, 3.05) is 0 Å². The third kappa shape index (κ3) is 1.72. The van der Waals surface area contributed by atoms with Gasteiger partial charge in [0.05, 0.1) is 0 Å². The lowest BCUT2D eigenvalue weighted by molar-refractivity contribution is 0.208. The fourth-order valence-electron chi connectivity index (χ4n) is 3.26. The summed E-state index contributed by atoms with van der Waals surface area (Å²) in [5.41, 5.74) is 7.78. The molecule has 1 saturated carbocycles. The van der Waals surface area contributed by atoms with Gasteiger partial charge in [-0.1, -0.05) is 44.0 Å². The number of pyridine rings is 1. The summed E-state index contributed by atoms with van der Waals surface area (Å²) >= 11 is 0. The summed E-state index contributed by atoms with van der Waals surface area (Å²) in [5, 5.41) is 2.46. The Labute approximate surface area is 108 Å². The maximum absolute atomic E-state index is 6.75. The van der Waals surface area contributed by atoms with Crippen LogP contribution in [-0.2, 0) is 5.54 Å². The van der Waals surface area contributed by atoms with Gasteiger partial charge in [-0.25, -0.2) is 0 Å². The van der Waals surface area contributed by atoms with E-state index >= 15 is 0 Å². The number of rotatable bonds is 1. The van der Waals surface area contributed by atoms with Gasteiger partial charge in [-0.05, 0) is 29.7 Å². The molecule has 0 amide bonds. The molecule has 2 heteroatoms. The smallest absolute Gasteiger partial charge is 0.0457 e. The molecule has 0 aliphatic heterocycles. The van der Waals surface area contributed by atoms with Crippen LogP contribution in [0.25, 0.3) is 10.8 Å². The lowest BCUT2D eigenvalue weighted by Gasteiger charge is -2.40. The van der Waals surface area contributed by atoms with Gasteiger partial charge in [0.15, 0.2) is 0 Å². The number of fused-ring (bicyclic) bond motifs is 1. The maximum atomic E-state index is 6.75. The van der Waals surface area contributed by atoms with Gasteiger partial charge in [-0.2, -0.15) is 0 Å². The van der Waals surface area contributed by atoms with Crippen molar-refractivity contribution in [1.29, 1.82) is 0 Å². The summed E-state index contributed by atoms with van der Waals surface area (Å²) in [5.74, 6) is 0.527. The van der Waals surface area contributed by atoms with Crippen LogP contribution in [0.5, 0.6) is 0 Å². The summed E-state index contributed by atoms with van der Waals surface area (Å²) in [4.78, 5) is 4.39. The van der Waals surface area contributed by atoms with Gasteiger partial charge >= 0.3 is 0 Å². The number of nitrogens with zero attached hydrogens (tertiary/aromatic N) is 1. The van der Waals surface area contributed by atoms with Gasteiger partial charge in [0.25, 0.3) is 0 Å². The van der Waals surface area contributed by atoms with Gasteiger partial charge in [0.2, 0.25) is 0 Å². The number of aromatic nitrogens is 1. The fraction of sp³-hybridized carbons (Fsp3) is 0.438. The highest BCUT2D eigenvalue weighted by Gasteiger charge is 2.37. The molecule has 2 aromatic rings. The predicted molar refractivity (Wildman–Crippen MR) is 75.2 cm³/mol. The van der Waals surface area contributed by atoms with Gasteiger partial charge in [-0.3, -0.25) is 4.98 Å². The predicted octanol–water partition coefficient (Wildman–Crippen LogP) is 3.60. The molecule has 2 atom stereocenters. The number of nitrogens with two attached hydrogens (primary N) is 1. The molecule has 1 aliphatic carbocycles. The van der Waals surface area contributed by atoms with E-state index in [0.29, 0.717) is 5.92 Å². The molecule has 0 saturated heterocycles. The van der Waals surface area contributed by atoms with E-state index < -0.39 is 0 Å². The minimum Gasteiger partial charge on any atom is -0.321 e. The molecule has 3 rings (SSSR count). The van der Waals surface area contributed by atoms with Crippen molar-refractivity contribution in [1.82, 2.24) is 4.98 Å². The molecule has 1 aromatic carbocycles. The van der Waals surface area contributed by atoms with E-state index in [1.165, 1.54) is 35.6 Å². The SMILES string of the molecule is CC1CCCCC1(N)c1cncc2ccccc12. The van der Waals surface area contributed by atoms with Crippen LogP contribution in [0.3, 0.4) is 0 Å². The molecule has 0 bridgehead atoms. The molecule has 0 radical (unpaired) electrons. The number of benzene rings is 1. The van der Waals surface area contributed by atoms with Crippen LogP contribution in [0.4, 0.5) is 0 Å². The molecule has 1 fully saturated rings. The van der Waals surface area contributed by atoms with Crippen molar-refractivity contribution in [3.05, 3.63) is 42.2 Å². The topological polar surface area (TPSA) is 38.9 Å². The van der Waals surface area contributed by atoms with Crippen LogP contribution in [0.15, 0.2) is 36.7 Å². The Balaban J connectivity index is 2.19. The second kappa shape index (κ2) is 4.36. The lowest BCUT2D eigenvalue weighted by atomic mass is 9.70. The molecular formula is C16H20N2. The van der Waals surface area contributed by atoms with Crippen molar-refractivity contribution < 1.29 is 0 Å². The summed E-state index contributed by atoms with van der Waals surface area (Å²) in [6.45, 7) is 2.28. The average molecular weight is 240 g/mol. The van der Waals surface area contributed by atoms with E-state index in [4.69, 9.17) is 5.73 Å². The second-order valence-electron chi connectivity index (χ2n) is 5.60. The quantitative estimate of drug-likeness (QED) is 0.827. The molecule has 1 aromatic heterocycles. The van der Waals surface area contributed by atoms with Gasteiger partial charge in [0, 0.05) is 23.3 Å². The summed E-state index contributed by atoms with van der Waals surface area (Å²) in [7, 11) is 0. The first-order valence-corrected chi connectivity index (χ1v) is 6.84. The zero-order valence-electron chi connectivity index (χ0n) is 10.9. The summed E-state index contributed by atoms with van der Waals surface area (Å²) < 4.78 is 0. The van der Waals surface area contributed by atoms with Crippen LogP contribution in [0, 0.1) is 5.92 Å². The highest BCUT2D eigenvalue weighted by molar-refractivity contribution is 5.85. The number of hydrogen-bond donors (Lipinski definition) is 1. The minimum atomic E-state index is -0.202. The van der Waals surface area contributed by atoms with Crippen molar-refractivity contribution >= 4 is 10.8 Å². The second-order valence-corrected chi connectivity index (χ2v) is 5.60. The first-order valence-electron chi connectivity index (χ1n) is 6.84. The summed E-state index contributed by atoms with van der Waals surface area (Å²) in [6.07, 6.45) is 8.73. The third-order valence-corrected chi connectivity index (χ3v) is 4.53. The Kier molecular flexibility index (Phi) is 2.83. The molecule has 2 unspecified atom stereocenters. The largest absolute Gasteiger partial charge is 0.321 e.